The highest BCUT2D eigenvalue weighted by Crippen LogP contribution is 2.18. The lowest BCUT2D eigenvalue weighted by Gasteiger charge is -2.12. The minimum atomic E-state index is -0.339. The van der Waals surface area contributed by atoms with Gasteiger partial charge >= 0.3 is 0 Å². The summed E-state index contributed by atoms with van der Waals surface area (Å²) in [5.74, 6) is -0.125. The molecule has 1 amide bonds. The van der Waals surface area contributed by atoms with E-state index in [0.29, 0.717) is 62.9 Å². The molecule has 1 aromatic heterocycles. The minimum absolute atomic E-state index is 0.231. The lowest BCUT2D eigenvalue weighted by atomic mass is 10.2. The van der Waals surface area contributed by atoms with Crippen LogP contribution in [0.5, 0.6) is 0 Å². The van der Waals surface area contributed by atoms with Gasteiger partial charge in [-0.1, -0.05) is 24.3 Å². The molecule has 0 aliphatic rings. The quantitative estimate of drug-likeness (QED) is 0.115. The molecule has 0 saturated heterocycles. The fourth-order valence-electron chi connectivity index (χ4n) is 3.78. The first-order valence-electron chi connectivity index (χ1n) is 13.7. The van der Waals surface area contributed by atoms with Gasteiger partial charge < -0.3 is 36.5 Å². The van der Waals surface area contributed by atoms with Gasteiger partial charge in [0.1, 0.15) is 11.6 Å². The SMILES string of the molecule is NCCOCCOCCNC(=O)c1ccc(Nc2nc(NCc3ccc(F)cc3)nc(NCc3cccc(F)c3)n2)cc1. The maximum atomic E-state index is 13.6. The molecular weight excluding hydrogens is 558 g/mol. The summed E-state index contributed by atoms with van der Waals surface area (Å²) in [6, 6.07) is 19.1. The molecule has 0 saturated carbocycles. The summed E-state index contributed by atoms with van der Waals surface area (Å²) in [5, 5.41) is 12.1. The van der Waals surface area contributed by atoms with Crippen molar-refractivity contribution < 1.29 is 23.0 Å². The highest BCUT2D eigenvalue weighted by molar-refractivity contribution is 5.94. The van der Waals surface area contributed by atoms with Crippen molar-refractivity contribution in [1.29, 1.82) is 0 Å². The Labute approximate surface area is 248 Å². The second-order valence-corrected chi connectivity index (χ2v) is 9.24. The molecule has 0 bridgehead atoms. The molecule has 0 fully saturated rings. The Hall–Kier alpha value is -4.72. The predicted octanol–water partition coefficient (Wildman–Crippen LogP) is 3.84. The molecular formula is C30H34F2N8O3. The summed E-state index contributed by atoms with van der Waals surface area (Å²) in [7, 11) is 0. The van der Waals surface area contributed by atoms with Gasteiger partial charge in [-0.15, -0.1) is 0 Å². The van der Waals surface area contributed by atoms with Gasteiger partial charge in [0.25, 0.3) is 5.91 Å². The molecule has 0 spiro atoms. The van der Waals surface area contributed by atoms with Crippen LogP contribution in [0.3, 0.4) is 0 Å². The number of benzene rings is 3. The van der Waals surface area contributed by atoms with Gasteiger partial charge in [-0.3, -0.25) is 4.79 Å². The molecule has 3 aromatic carbocycles. The Bertz CT molecular complexity index is 1440. The molecule has 226 valence electrons. The van der Waals surface area contributed by atoms with Crippen LogP contribution in [-0.4, -0.2) is 60.4 Å². The van der Waals surface area contributed by atoms with Crippen LogP contribution in [0, 0.1) is 11.6 Å². The third kappa shape index (κ3) is 10.9. The van der Waals surface area contributed by atoms with E-state index in [2.05, 4.69) is 36.2 Å². The number of rotatable bonds is 17. The lowest BCUT2D eigenvalue weighted by molar-refractivity contribution is 0.0511. The van der Waals surface area contributed by atoms with Crippen LogP contribution >= 0.6 is 0 Å². The third-order valence-electron chi connectivity index (χ3n) is 5.91. The second kappa shape index (κ2) is 16.7. The number of carbonyl (C=O) groups excluding carboxylic acids is 1. The van der Waals surface area contributed by atoms with E-state index in [-0.39, 0.29) is 41.9 Å². The van der Waals surface area contributed by atoms with Gasteiger partial charge in [0.2, 0.25) is 17.8 Å². The topological polar surface area (TPSA) is 148 Å². The van der Waals surface area contributed by atoms with Crippen molar-refractivity contribution in [2.24, 2.45) is 5.73 Å². The zero-order valence-electron chi connectivity index (χ0n) is 23.5. The summed E-state index contributed by atoms with van der Waals surface area (Å²) in [6.07, 6.45) is 0. The standard InChI is InChI=1S/C30H34F2N8O3/c31-24-8-4-21(5-9-24)19-35-28-38-29(36-20-22-2-1-3-25(32)18-22)40-30(39-28)37-26-10-6-23(7-11-26)27(41)34-13-15-43-17-16-42-14-12-33/h1-11,18H,12-17,19-20,33H2,(H,34,41)(H3,35,36,37,38,39,40). The molecule has 43 heavy (non-hydrogen) atoms. The Balaban J connectivity index is 1.36. The number of ether oxygens (including phenoxy) is 2. The molecule has 0 aliphatic carbocycles. The predicted molar refractivity (Wildman–Crippen MR) is 160 cm³/mol. The van der Waals surface area contributed by atoms with Crippen molar-refractivity contribution in [1.82, 2.24) is 20.3 Å². The summed E-state index contributed by atoms with van der Waals surface area (Å²) in [5.41, 5.74) is 8.03. The number of hydrogen-bond donors (Lipinski definition) is 5. The van der Waals surface area contributed by atoms with E-state index in [1.54, 1.807) is 48.5 Å². The smallest absolute Gasteiger partial charge is 0.251 e. The van der Waals surface area contributed by atoms with Crippen molar-refractivity contribution in [3.05, 3.63) is 101 Å². The first-order chi connectivity index (χ1) is 21.0. The van der Waals surface area contributed by atoms with Crippen LogP contribution in [0.1, 0.15) is 21.5 Å². The first-order valence-corrected chi connectivity index (χ1v) is 13.7. The average Bonchev–Trinajstić information content (AvgIpc) is 3.01. The van der Waals surface area contributed by atoms with E-state index >= 15 is 0 Å². The summed E-state index contributed by atoms with van der Waals surface area (Å²) in [4.78, 5) is 25.8. The molecule has 4 aromatic rings. The van der Waals surface area contributed by atoms with E-state index in [4.69, 9.17) is 15.2 Å². The number of aromatic nitrogens is 3. The largest absolute Gasteiger partial charge is 0.378 e. The minimum Gasteiger partial charge on any atom is -0.378 e. The second-order valence-electron chi connectivity index (χ2n) is 9.24. The number of nitrogens with one attached hydrogen (secondary N) is 4. The molecule has 1 heterocycles. The van der Waals surface area contributed by atoms with E-state index in [0.717, 1.165) is 5.56 Å². The summed E-state index contributed by atoms with van der Waals surface area (Å²) < 4.78 is 37.5. The molecule has 0 unspecified atom stereocenters. The first kappa shape index (κ1) is 31.2. The van der Waals surface area contributed by atoms with E-state index in [1.807, 2.05) is 0 Å². The Morgan fingerprint density at radius 2 is 1.37 bits per heavy atom. The molecule has 0 radical (unpaired) electrons. The number of nitrogens with zero attached hydrogens (tertiary/aromatic N) is 3. The van der Waals surface area contributed by atoms with Crippen LogP contribution in [0.25, 0.3) is 0 Å². The number of hydrogen-bond acceptors (Lipinski definition) is 10. The fraction of sp³-hybridized carbons (Fsp3) is 0.267. The Morgan fingerprint density at radius 3 is 2.05 bits per heavy atom. The van der Waals surface area contributed by atoms with Gasteiger partial charge in [-0.05, 0) is 59.7 Å². The molecule has 0 aliphatic heterocycles. The maximum absolute atomic E-state index is 13.6. The maximum Gasteiger partial charge on any atom is 0.251 e. The van der Waals surface area contributed by atoms with Crippen molar-refractivity contribution in [3.8, 4) is 0 Å². The number of anilines is 4. The van der Waals surface area contributed by atoms with Crippen molar-refractivity contribution in [2.45, 2.75) is 13.1 Å². The average molecular weight is 593 g/mol. The van der Waals surface area contributed by atoms with E-state index < -0.39 is 0 Å². The van der Waals surface area contributed by atoms with Crippen LogP contribution < -0.4 is 27.0 Å². The molecule has 4 rings (SSSR count). The van der Waals surface area contributed by atoms with Gasteiger partial charge in [-0.25, -0.2) is 8.78 Å². The fourth-order valence-corrected chi connectivity index (χ4v) is 3.78. The van der Waals surface area contributed by atoms with E-state index in [9.17, 15) is 13.6 Å². The van der Waals surface area contributed by atoms with Gasteiger partial charge in [0.05, 0.1) is 26.4 Å². The zero-order chi connectivity index (χ0) is 30.3. The molecule has 11 nitrogen and oxygen atoms in total. The molecule has 6 N–H and O–H groups in total. The van der Waals surface area contributed by atoms with Crippen molar-refractivity contribution in [2.75, 3.05) is 55.5 Å². The van der Waals surface area contributed by atoms with Crippen LogP contribution in [0.4, 0.5) is 32.3 Å². The van der Waals surface area contributed by atoms with Crippen molar-refractivity contribution in [3.63, 3.8) is 0 Å². The normalized spacial score (nSPS) is 10.8. The molecule has 13 heteroatoms. The zero-order valence-corrected chi connectivity index (χ0v) is 23.5. The van der Waals surface area contributed by atoms with Crippen molar-refractivity contribution >= 4 is 29.4 Å². The number of carbonyl (C=O) groups is 1. The highest BCUT2D eigenvalue weighted by atomic mass is 19.1. The monoisotopic (exact) mass is 592 g/mol. The lowest BCUT2D eigenvalue weighted by Crippen LogP contribution is -2.27. The third-order valence-corrected chi connectivity index (χ3v) is 5.91. The van der Waals surface area contributed by atoms with Gasteiger partial charge in [0, 0.05) is 37.4 Å². The van der Waals surface area contributed by atoms with Gasteiger partial charge in [0.15, 0.2) is 0 Å². The van der Waals surface area contributed by atoms with Crippen LogP contribution in [0.15, 0.2) is 72.8 Å². The van der Waals surface area contributed by atoms with Crippen LogP contribution in [-0.2, 0) is 22.6 Å². The van der Waals surface area contributed by atoms with E-state index in [1.165, 1.54) is 24.3 Å². The molecule has 0 atom stereocenters. The van der Waals surface area contributed by atoms with Crippen LogP contribution in [0.2, 0.25) is 0 Å². The summed E-state index contributed by atoms with van der Waals surface area (Å²) in [6.45, 7) is 3.20. The highest BCUT2D eigenvalue weighted by Gasteiger charge is 2.10. The number of nitrogens with two attached hydrogens (primary N) is 1. The summed E-state index contributed by atoms with van der Waals surface area (Å²) >= 11 is 0. The van der Waals surface area contributed by atoms with Gasteiger partial charge in [-0.2, -0.15) is 15.0 Å². The number of amides is 1. The Kier molecular flexibility index (Phi) is 12.1. The Morgan fingerprint density at radius 1 is 0.721 bits per heavy atom. The number of halogens is 2.